The molecule has 0 unspecified atom stereocenters. The van der Waals surface area contributed by atoms with E-state index in [1.165, 1.54) is 0 Å². The highest BCUT2D eigenvalue weighted by atomic mass is 16.5. The summed E-state index contributed by atoms with van der Waals surface area (Å²) in [6.07, 6.45) is 0. The number of pyridine rings is 1. The predicted octanol–water partition coefficient (Wildman–Crippen LogP) is 2.45. The fourth-order valence-corrected chi connectivity index (χ4v) is 1.80. The van der Waals surface area contributed by atoms with Gasteiger partial charge in [0.05, 0.1) is 7.11 Å². The number of fused-ring (bicyclic) bond motifs is 1. The van der Waals surface area contributed by atoms with Crippen molar-refractivity contribution < 1.29 is 4.74 Å². The zero-order chi connectivity index (χ0) is 11.7. The molecule has 0 aliphatic heterocycles. The van der Waals surface area contributed by atoms with E-state index in [0.717, 1.165) is 16.5 Å². The number of rotatable bonds is 2. The van der Waals surface area contributed by atoms with Crippen LogP contribution in [0.2, 0.25) is 0 Å². The monoisotopic (exact) mass is 215 g/mol. The van der Waals surface area contributed by atoms with E-state index < -0.39 is 0 Å². The second-order valence-electron chi connectivity index (χ2n) is 3.63. The maximum Gasteiger partial charge on any atom is 0.252 e. The third-order valence-electron chi connectivity index (χ3n) is 2.69. The minimum Gasteiger partial charge on any atom is -0.497 e. The average Bonchev–Trinajstić information content (AvgIpc) is 2.30. The number of hydrogen-bond donors (Lipinski definition) is 1. The van der Waals surface area contributed by atoms with E-state index in [2.05, 4.69) is 11.6 Å². The first kappa shape index (κ1) is 10.5. The second-order valence-corrected chi connectivity index (χ2v) is 3.63. The molecule has 1 heterocycles. The average molecular weight is 215 g/mol. The molecule has 0 aliphatic rings. The fourth-order valence-electron chi connectivity index (χ4n) is 1.80. The zero-order valence-electron chi connectivity index (χ0n) is 9.33. The number of methoxy groups -OCH3 is 1. The molecule has 0 atom stereocenters. The number of aromatic amines is 1. The fraction of sp³-hybridized carbons (Fsp3) is 0.154. The summed E-state index contributed by atoms with van der Waals surface area (Å²) < 4.78 is 5.13. The molecule has 16 heavy (non-hydrogen) atoms. The van der Waals surface area contributed by atoms with E-state index in [4.69, 9.17) is 4.74 Å². The third kappa shape index (κ3) is 1.50. The Morgan fingerprint density at radius 1 is 1.38 bits per heavy atom. The zero-order valence-corrected chi connectivity index (χ0v) is 9.33. The summed E-state index contributed by atoms with van der Waals surface area (Å²) in [5, 5.41) is 0.950. The second kappa shape index (κ2) is 3.85. The number of nitrogens with one attached hydrogen (secondary N) is 1. The lowest BCUT2D eigenvalue weighted by atomic mass is 10.0. The molecule has 0 spiro atoms. The highest BCUT2D eigenvalue weighted by molar-refractivity contribution is 5.90. The normalized spacial score (nSPS) is 10.4. The van der Waals surface area contributed by atoms with E-state index in [-0.39, 0.29) is 5.56 Å². The lowest BCUT2D eigenvalue weighted by Gasteiger charge is -2.10. The maximum absolute atomic E-state index is 11.7. The molecule has 0 radical (unpaired) electrons. The van der Waals surface area contributed by atoms with Gasteiger partial charge in [0.2, 0.25) is 0 Å². The summed E-state index contributed by atoms with van der Waals surface area (Å²) in [4.78, 5) is 14.5. The summed E-state index contributed by atoms with van der Waals surface area (Å²) >= 11 is 0. The molecule has 82 valence electrons. The van der Waals surface area contributed by atoms with Gasteiger partial charge >= 0.3 is 0 Å². The van der Waals surface area contributed by atoms with Crippen LogP contribution in [-0.4, -0.2) is 12.1 Å². The molecule has 3 heteroatoms. The Balaban J connectivity index is 2.92. The van der Waals surface area contributed by atoms with E-state index >= 15 is 0 Å². The van der Waals surface area contributed by atoms with Gasteiger partial charge in [-0.05, 0) is 13.0 Å². The van der Waals surface area contributed by atoms with E-state index in [1.54, 1.807) is 14.0 Å². The van der Waals surface area contributed by atoms with Crippen LogP contribution >= 0.6 is 0 Å². The number of H-pyrrole nitrogens is 1. The SMILES string of the molecule is C=C(OC)c1c(C)c(=O)[nH]c2ccccc12. The van der Waals surface area contributed by atoms with Gasteiger partial charge in [0.15, 0.2) is 0 Å². The number of hydrogen-bond acceptors (Lipinski definition) is 2. The van der Waals surface area contributed by atoms with Crippen molar-refractivity contribution in [3.05, 3.63) is 52.3 Å². The third-order valence-corrected chi connectivity index (χ3v) is 2.69. The molecule has 0 bridgehead atoms. The Morgan fingerprint density at radius 2 is 2.06 bits per heavy atom. The Kier molecular flexibility index (Phi) is 2.52. The van der Waals surface area contributed by atoms with Crippen LogP contribution in [0.5, 0.6) is 0 Å². The van der Waals surface area contributed by atoms with Gasteiger partial charge in [-0.3, -0.25) is 4.79 Å². The Hall–Kier alpha value is -2.03. The summed E-state index contributed by atoms with van der Waals surface area (Å²) in [6.45, 7) is 5.59. The lowest BCUT2D eigenvalue weighted by Crippen LogP contribution is -2.12. The van der Waals surface area contributed by atoms with Crippen LogP contribution in [-0.2, 0) is 4.74 Å². The number of aromatic nitrogens is 1. The summed E-state index contributed by atoms with van der Waals surface area (Å²) in [7, 11) is 1.55. The van der Waals surface area contributed by atoms with Gasteiger partial charge in [-0.2, -0.15) is 0 Å². The first-order chi connectivity index (χ1) is 7.65. The molecule has 2 rings (SSSR count). The molecule has 1 aromatic heterocycles. The molecule has 3 nitrogen and oxygen atoms in total. The van der Waals surface area contributed by atoms with Crippen LogP contribution in [0.4, 0.5) is 0 Å². The predicted molar refractivity (Wildman–Crippen MR) is 65.3 cm³/mol. The van der Waals surface area contributed by atoms with Gasteiger partial charge in [0, 0.05) is 22.0 Å². The molecule has 0 saturated carbocycles. The van der Waals surface area contributed by atoms with Crippen molar-refractivity contribution in [1.29, 1.82) is 0 Å². The van der Waals surface area contributed by atoms with E-state index in [0.29, 0.717) is 11.3 Å². The summed E-state index contributed by atoms with van der Waals surface area (Å²) in [5.74, 6) is 0.514. The minimum atomic E-state index is -0.105. The van der Waals surface area contributed by atoms with Crippen molar-refractivity contribution in [3.63, 3.8) is 0 Å². The van der Waals surface area contributed by atoms with Crippen LogP contribution in [0.25, 0.3) is 16.7 Å². The Bertz CT molecular complexity index is 611. The standard InChI is InChI=1S/C13H13NO2/c1-8-12(9(2)16-3)10-6-4-5-7-11(10)14-13(8)15/h4-7H,2H2,1,3H3,(H,14,15). The van der Waals surface area contributed by atoms with Gasteiger partial charge in [-0.25, -0.2) is 0 Å². The van der Waals surface area contributed by atoms with Crippen molar-refractivity contribution in [2.75, 3.05) is 7.11 Å². The first-order valence-electron chi connectivity index (χ1n) is 5.00. The van der Waals surface area contributed by atoms with Crippen LogP contribution < -0.4 is 5.56 Å². The van der Waals surface area contributed by atoms with Crippen molar-refractivity contribution in [3.8, 4) is 0 Å². The van der Waals surface area contributed by atoms with Gasteiger partial charge < -0.3 is 9.72 Å². The van der Waals surface area contributed by atoms with Gasteiger partial charge in [0.1, 0.15) is 5.76 Å². The largest absolute Gasteiger partial charge is 0.497 e. The van der Waals surface area contributed by atoms with Gasteiger partial charge in [0.25, 0.3) is 5.56 Å². The highest BCUT2D eigenvalue weighted by Gasteiger charge is 2.11. The maximum atomic E-state index is 11.7. The molecule has 0 fully saturated rings. The number of para-hydroxylation sites is 1. The number of ether oxygens (including phenoxy) is 1. The van der Waals surface area contributed by atoms with Crippen molar-refractivity contribution >= 4 is 16.7 Å². The molecule has 0 amide bonds. The summed E-state index contributed by atoms with van der Waals surface area (Å²) in [5.41, 5.74) is 2.10. The van der Waals surface area contributed by atoms with Gasteiger partial charge in [-0.1, -0.05) is 24.8 Å². The van der Waals surface area contributed by atoms with Crippen molar-refractivity contribution in [1.82, 2.24) is 4.98 Å². The Morgan fingerprint density at radius 3 is 2.75 bits per heavy atom. The topological polar surface area (TPSA) is 42.1 Å². The van der Waals surface area contributed by atoms with E-state index in [1.807, 2.05) is 24.3 Å². The molecular weight excluding hydrogens is 202 g/mol. The molecule has 1 N–H and O–H groups in total. The summed E-state index contributed by atoms with van der Waals surface area (Å²) in [6, 6.07) is 7.61. The van der Waals surface area contributed by atoms with Crippen LogP contribution in [0.1, 0.15) is 11.1 Å². The molecule has 0 saturated heterocycles. The smallest absolute Gasteiger partial charge is 0.252 e. The quantitative estimate of drug-likeness (QED) is 0.782. The molecular formula is C13H13NO2. The first-order valence-corrected chi connectivity index (χ1v) is 5.00. The van der Waals surface area contributed by atoms with Crippen LogP contribution in [0.3, 0.4) is 0 Å². The van der Waals surface area contributed by atoms with Crippen LogP contribution in [0, 0.1) is 6.92 Å². The van der Waals surface area contributed by atoms with Gasteiger partial charge in [-0.15, -0.1) is 0 Å². The van der Waals surface area contributed by atoms with E-state index in [9.17, 15) is 4.79 Å². The Labute approximate surface area is 93.4 Å². The molecule has 0 aliphatic carbocycles. The molecule has 2 aromatic rings. The highest BCUT2D eigenvalue weighted by Crippen LogP contribution is 2.24. The van der Waals surface area contributed by atoms with Crippen molar-refractivity contribution in [2.24, 2.45) is 0 Å². The minimum absolute atomic E-state index is 0.105. The van der Waals surface area contributed by atoms with Crippen molar-refractivity contribution in [2.45, 2.75) is 6.92 Å². The molecule has 1 aromatic carbocycles. The van der Waals surface area contributed by atoms with Crippen LogP contribution in [0.15, 0.2) is 35.6 Å². The lowest BCUT2D eigenvalue weighted by molar-refractivity contribution is 0.371. The number of benzene rings is 1.